The zero-order chi connectivity index (χ0) is 10.4. The highest BCUT2D eigenvalue weighted by atomic mass is 35.5. The minimum atomic E-state index is 0.656. The van der Waals surface area contributed by atoms with Gasteiger partial charge in [-0.15, -0.1) is 0 Å². The minimum Gasteiger partial charge on any atom is -0.319 e. The van der Waals surface area contributed by atoms with E-state index in [0.717, 1.165) is 24.2 Å². The summed E-state index contributed by atoms with van der Waals surface area (Å²) in [5.74, 6) is 6.06. The van der Waals surface area contributed by atoms with Crippen LogP contribution in [0.3, 0.4) is 0 Å². The number of halogens is 1. The molecule has 0 aliphatic heterocycles. The number of rotatable bonds is 2. The first-order valence-electron chi connectivity index (χ1n) is 4.49. The molecule has 0 fully saturated rings. The molecule has 0 saturated heterocycles. The molecule has 0 aliphatic carbocycles. The molecule has 0 amide bonds. The lowest BCUT2D eigenvalue weighted by molar-refractivity contribution is 0.818. The summed E-state index contributed by atoms with van der Waals surface area (Å²) in [6, 6.07) is 1.87. The molecule has 1 aromatic heterocycles. The second kappa shape index (κ2) is 5.64. The maximum absolute atomic E-state index is 5.78. The van der Waals surface area contributed by atoms with E-state index in [1.807, 2.05) is 20.0 Å². The van der Waals surface area contributed by atoms with Crippen molar-refractivity contribution in [3.63, 3.8) is 0 Å². The van der Waals surface area contributed by atoms with Gasteiger partial charge in [0.15, 0.2) is 0 Å². The Hall–Kier alpha value is -1.04. The summed E-state index contributed by atoms with van der Waals surface area (Å²) >= 11 is 5.78. The molecule has 0 aliphatic rings. The van der Waals surface area contributed by atoms with E-state index >= 15 is 0 Å². The van der Waals surface area contributed by atoms with Crippen molar-refractivity contribution in [2.75, 3.05) is 13.6 Å². The van der Waals surface area contributed by atoms with Crippen molar-refractivity contribution < 1.29 is 0 Å². The van der Waals surface area contributed by atoms with E-state index in [1.165, 1.54) is 0 Å². The Bertz CT molecular complexity index is 363. The highest BCUT2D eigenvalue weighted by Crippen LogP contribution is 2.10. The van der Waals surface area contributed by atoms with Gasteiger partial charge in [-0.25, -0.2) is 4.98 Å². The topological polar surface area (TPSA) is 24.9 Å². The maximum Gasteiger partial charge on any atom is 0.116 e. The van der Waals surface area contributed by atoms with Crippen LogP contribution in [0, 0.1) is 18.8 Å². The van der Waals surface area contributed by atoms with Crippen molar-refractivity contribution in [3.05, 3.63) is 28.5 Å². The molecule has 74 valence electrons. The van der Waals surface area contributed by atoms with Crippen LogP contribution < -0.4 is 5.32 Å². The van der Waals surface area contributed by atoms with Gasteiger partial charge in [0.2, 0.25) is 0 Å². The summed E-state index contributed by atoms with van der Waals surface area (Å²) in [5.41, 5.74) is 1.83. The molecular weight excluding hydrogens is 196 g/mol. The normalized spacial score (nSPS) is 9.36. The van der Waals surface area contributed by atoms with Gasteiger partial charge in [-0.05, 0) is 31.5 Å². The van der Waals surface area contributed by atoms with Crippen LogP contribution in [0.4, 0.5) is 0 Å². The zero-order valence-corrected chi connectivity index (χ0v) is 9.15. The van der Waals surface area contributed by atoms with Gasteiger partial charge in [0.1, 0.15) is 5.69 Å². The van der Waals surface area contributed by atoms with Crippen LogP contribution in [-0.4, -0.2) is 18.6 Å². The van der Waals surface area contributed by atoms with Gasteiger partial charge >= 0.3 is 0 Å². The van der Waals surface area contributed by atoms with E-state index in [1.54, 1.807) is 6.20 Å². The Labute approximate surface area is 89.7 Å². The van der Waals surface area contributed by atoms with Crippen LogP contribution in [0.1, 0.15) is 17.7 Å². The van der Waals surface area contributed by atoms with Crippen LogP contribution in [0.15, 0.2) is 12.3 Å². The lowest BCUT2D eigenvalue weighted by atomic mass is 10.2. The third-order valence-corrected chi connectivity index (χ3v) is 1.96. The molecule has 0 saturated carbocycles. The molecule has 14 heavy (non-hydrogen) atoms. The summed E-state index contributed by atoms with van der Waals surface area (Å²) < 4.78 is 0. The van der Waals surface area contributed by atoms with Gasteiger partial charge in [-0.2, -0.15) is 0 Å². The lowest BCUT2D eigenvalue weighted by Gasteiger charge is -1.96. The summed E-state index contributed by atoms with van der Waals surface area (Å²) in [4.78, 5) is 4.15. The Kier molecular flexibility index (Phi) is 4.45. The Morgan fingerprint density at radius 3 is 3.00 bits per heavy atom. The average molecular weight is 209 g/mol. The Balaban J connectivity index is 2.70. The minimum absolute atomic E-state index is 0.656. The van der Waals surface area contributed by atoms with Crippen molar-refractivity contribution >= 4 is 11.6 Å². The number of hydrogen-bond acceptors (Lipinski definition) is 2. The second-order valence-corrected chi connectivity index (χ2v) is 3.41. The molecule has 0 unspecified atom stereocenters. The number of nitrogens with one attached hydrogen (secondary N) is 1. The molecule has 3 heteroatoms. The molecule has 0 spiro atoms. The SMILES string of the molecule is CNCCC#Cc1ncc(Cl)cc1C. The van der Waals surface area contributed by atoms with Crippen molar-refractivity contribution in [1.82, 2.24) is 10.3 Å². The number of pyridine rings is 1. The van der Waals surface area contributed by atoms with Crippen LogP contribution in [0.5, 0.6) is 0 Å². The third-order valence-electron chi connectivity index (χ3n) is 1.75. The zero-order valence-electron chi connectivity index (χ0n) is 8.39. The van der Waals surface area contributed by atoms with E-state index in [2.05, 4.69) is 22.1 Å². The monoisotopic (exact) mass is 208 g/mol. The standard InChI is InChI=1S/C11H13ClN2/c1-9-7-10(12)8-14-11(9)5-3-4-6-13-2/h7-8,13H,4,6H2,1-2H3. The second-order valence-electron chi connectivity index (χ2n) is 2.97. The summed E-state index contributed by atoms with van der Waals surface area (Å²) in [6.07, 6.45) is 2.46. The van der Waals surface area contributed by atoms with Crippen LogP contribution in [0.2, 0.25) is 5.02 Å². The molecule has 2 nitrogen and oxygen atoms in total. The molecule has 1 aromatic rings. The maximum atomic E-state index is 5.78. The van der Waals surface area contributed by atoms with Gasteiger partial charge in [0, 0.05) is 19.2 Å². The smallest absolute Gasteiger partial charge is 0.116 e. The average Bonchev–Trinajstić information content (AvgIpc) is 2.15. The Morgan fingerprint density at radius 2 is 2.36 bits per heavy atom. The molecule has 0 radical (unpaired) electrons. The number of hydrogen-bond donors (Lipinski definition) is 1. The fraction of sp³-hybridized carbons (Fsp3) is 0.364. The van der Waals surface area contributed by atoms with Gasteiger partial charge in [0.05, 0.1) is 5.02 Å². The van der Waals surface area contributed by atoms with Crippen LogP contribution >= 0.6 is 11.6 Å². The van der Waals surface area contributed by atoms with Crippen LogP contribution in [0.25, 0.3) is 0 Å². The Morgan fingerprint density at radius 1 is 1.57 bits per heavy atom. The summed E-state index contributed by atoms with van der Waals surface area (Å²) in [6.45, 7) is 2.86. The molecular formula is C11H13ClN2. The quantitative estimate of drug-likeness (QED) is 0.594. The first-order chi connectivity index (χ1) is 6.74. The van der Waals surface area contributed by atoms with Gasteiger partial charge in [0.25, 0.3) is 0 Å². The molecule has 1 N–H and O–H groups in total. The first-order valence-corrected chi connectivity index (χ1v) is 4.87. The number of aromatic nitrogens is 1. The van der Waals surface area contributed by atoms with E-state index in [4.69, 9.17) is 11.6 Å². The van der Waals surface area contributed by atoms with E-state index < -0.39 is 0 Å². The molecule has 0 atom stereocenters. The molecule has 1 rings (SSSR count). The largest absolute Gasteiger partial charge is 0.319 e. The van der Waals surface area contributed by atoms with Crippen molar-refractivity contribution in [2.24, 2.45) is 0 Å². The number of nitrogens with zero attached hydrogens (tertiary/aromatic N) is 1. The highest BCUT2D eigenvalue weighted by molar-refractivity contribution is 6.30. The summed E-state index contributed by atoms with van der Waals surface area (Å²) in [7, 11) is 1.91. The van der Waals surface area contributed by atoms with E-state index in [9.17, 15) is 0 Å². The van der Waals surface area contributed by atoms with Gasteiger partial charge < -0.3 is 5.32 Å². The molecule has 1 heterocycles. The number of aryl methyl sites for hydroxylation is 1. The fourth-order valence-electron chi connectivity index (χ4n) is 1.01. The highest BCUT2D eigenvalue weighted by Gasteiger charge is 1.95. The lowest BCUT2D eigenvalue weighted by Crippen LogP contribution is -2.05. The first kappa shape index (κ1) is 11.0. The van der Waals surface area contributed by atoms with Crippen molar-refractivity contribution in [1.29, 1.82) is 0 Å². The van der Waals surface area contributed by atoms with Crippen molar-refractivity contribution in [2.45, 2.75) is 13.3 Å². The van der Waals surface area contributed by atoms with Gasteiger partial charge in [-0.1, -0.05) is 17.5 Å². The fourth-order valence-corrected chi connectivity index (χ4v) is 1.22. The van der Waals surface area contributed by atoms with Crippen molar-refractivity contribution in [3.8, 4) is 11.8 Å². The van der Waals surface area contributed by atoms with E-state index in [-0.39, 0.29) is 0 Å². The summed E-state index contributed by atoms with van der Waals surface area (Å²) in [5, 5.41) is 3.69. The molecule has 0 aromatic carbocycles. The predicted molar refractivity (Wildman–Crippen MR) is 59.4 cm³/mol. The van der Waals surface area contributed by atoms with E-state index in [0.29, 0.717) is 5.02 Å². The third kappa shape index (κ3) is 3.37. The molecule has 0 bridgehead atoms. The van der Waals surface area contributed by atoms with Gasteiger partial charge in [-0.3, -0.25) is 0 Å². The van der Waals surface area contributed by atoms with Crippen LogP contribution in [-0.2, 0) is 0 Å². The predicted octanol–water partition coefficient (Wildman–Crippen LogP) is 2.00.